The van der Waals surface area contributed by atoms with E-state index in [0.29, 0.717) is 6.07 Å². The number of hydrogen-bond acceptors (Lipinski definition) is 2. The van der Waals surface area contributed by atoms with E-state index >= 15 is 0 Å². The predicted molar refractivity (Wildman–Crippen MR) is 70.1 cm³/mol. The van der Waals surface area contributed by atoms with Crippen molar-refractivity contribution in [1.29, 1.82) is 0 Å². The Balaban J connectivity index is 2.00. The number of aliphatic hydroxyl groups excluding tert-OH is 1. The first-order valence-corrected chi connectivity index (χ1v) is 6.14. The molecule has 110 valence electrons. The summed E-state index contributed by atoms with van der Waals surface area (Å²) in [7, 11) is 0. The van der Waals surface area contributed by atoms with Crippen molar-refractivity contribution in [1.82, 2.24) is 5.32 Å². The maximum Gasteiger partial charge on any atom is 0.251 e. The van der Waals surface area contributed by atoms with E-state index in [0.717, 1.165) is 18.2 Å². The number of benzene rings is 2. The molecule has 0 bridgehead atoms. The first-order chi connectivity index (χ1) is 9.97. The Hall–Kier alpha value is -2.34. The second kappa shape index (κ2) is 6.41. The lowest BCUT2D eigenvalue weighted by Gasteiger charge is -2.13. The normalized spacial score (nSPS) is 12.0. The number of carbonyl (C=O) groups excluding carboxylic acids is 1. The van der Waals surface area contributed by atoms with E-state index < -0.39 is 29.5 Å². The van der Waals surface area contributed by atoms with Gasteiger partial charge in [-0.25, -0.2) is 13.2 Å². The molecular weight excluding hydrogens is 283 g/mol. The third-order valence-corrected chi connectivity index (χ3v) is 2.86. The molecule has 0 radical (unpaired) electrons. The topological polar surface area (TPSA) is 49.3 Å². The Morgan fingerprint density at radius 2 is 1.81 bits per heavy atom. The zero-order valence-corrected chi connectivity index (χ0v) is 10.8. The number of amides is 1. The summed E-state index contributed by atoms with van der Waals surface area (Å²) in [6, 6.07) is 7.77. The quantitative estimate of drug-likeness (QED) is 0.911. The second-order valence-electron chi connectivity index (χ2n) is 4.40. The van der Waals surface area contributed by atoms with Crippen LogP contribution in [0.15, 0.2) is 42.5 Å². The molecule has 2 N–H and O–H groups in total. The monoisotopic (exact) mass is 295 g/mol. The molecule has 2 aromatic rings. The maximum atomic E-state index is 13.4. The molecule has 0 heterocycles. The summed E-state index contributed by atoms with van der Waals surface area (Å²) < 4.78 is 39.2. The highest BCUT2D eigenvalue weighted by molar-refractivity contribution is 5.94. The van der Waals surface area contributed by atoms with Crippen LogP contribution in [0.4, 0.5) is 13.2 Å². The van der Waals surface area contributed by atoms with Crippen molar-refractivity contribution in [2.45, 2.75) is 6.10 Å². The smallest absolute Gasteiger partial charge is 0.251 e. The van der Waals surface area contributed by atoms with Crippen molar-refractivity contribution in [3.05, 3.63) is 71.0 Å². The van der Waals surface area contributed by atoms with Gasteiger partial charge in [0.2, 0.25) is 0 Å². The zero-order valence-electron chi connectivity index (χ0n) is 10.8. The van der Waals surface area contributed by atoms with Crippen molar-refractivity contribution in [2.75, 3.05) is 6.54 Å². The van der Waals surface area contributed by atoms with Crippen molar-refractivity contribution in [3.63, 3.8) is 0 Å². The number of aliphatic hydroxyl groups is 1. The summed E-state index contributed by atoms with van der Waals surface area (Å²) in [4.78, 5) is 11.7. The van der Waals surface area contributed by atoms with Crippen molar-refractivity contribution in [2.24, 2.45) is 0 Å². The Morgan fingerprint density at radius 1 is 1.10 bits per heavy atom. The van der Waals surface area contributed by atoms with Crippen LogP contribution >= 0.6 is 0 Å². The Kier molecular flexibility index (Phi) is 4.59. The predicted octanol–water partition coefficient (Wildman–Crippen LogP) is 2.57. The van der Waals surface area contributed by atoms with Gasteiger partial charge in [-0.05, 0) is 24.3 Å². The van der Waals surface area contributed by atoms with Crippen molar-refractivity contribution < 1.29 is 23.1 Å². The molecule has 1 amide bonds. The lowest BCUT2D eigenvalue weighted by Crippen LogP contribution is -2.28. The second-order valence-corrected chi connectivity index (χ2v) is 4.40. The fourth-order valence-electron chi connectivity index (χ4n) is 1.80. The summed E-state index contributed by atoms with van der Waals surface area (Å²) in [6.45, 7) is -0.280. The van der Waals surface area contributed by atoms with E-state index in [2.05, 4.69) is 5.32 Å². The molecule has 3 nitrogen and oxygen atoms in total. The van der Waals surface area contributed by atoms with E-state index in [4.69, 9.17) is 0 Å². The number of hydrogen-bond donors (Lipinski definition) is 2. The Labute approximate surface area is 119 Å². The third-order valence-electron chi connectivity index (χ3n) is 2.86. The average molecular weight is 295 g/mol. The van der Waals surface area contributed by atoms with Crippen LogP contribution in [-0.2, 0) is 0 Å². The van der Waals surface area contributed by atoms with Crippen molar-refractivity contribution in [3.8, 4) is 0 Å². The highest BCUT2D eigenvalue weighted by Gasteiger charge is 2.15. The van der Waals surface area contributed by atoms with Gasteiger partial charge in [0.1, 0.15) is 17.5 Å². The standard InChI is InChI=1S/C15H12F3NO2/c16-10-3-1-2-9(6-10)15(21)19-8-14(20)12-5-4-11(17)7-13(12)18/h1-7,14,20H,8H2,(H,19,21)/t14-/m1/s1. The van der Waals surface area contributed by atoms with Gasteiger partial charge in [0, 0.05) is 23.7 Å². The summed E-state index contributed by atoms with van der Waals surface area (Å²) in [5.41, 5.74) is -0.0438. The fraction of sp³-hybridized carbons (Fsp3) is 0.133. The summed E-state index contributed by atoms with van der Waals surface area (Å²) in [5, 5.41) is 12.1. The van der Waals surface area contributed by atoms with Gasteiger partial charge in [-0.2, -0.15) is 0 Å². The molecule has 2 aromatic carbocycles. The molecule has 0 spiro atoms. The van der Waals surface area contributed by atoms with Gasteiger partial charge in [0.05, 0.1) is 6.10 Å². The van der Waals surface area contributed by atoms with E-state index in [-0.39, 0.29) is 17.7 Å². The molecule has 0 unspecified atom stereocenters. The zero-order chi connectivity index (χ0) is 15.4. The van der Waals surface area contributed by atoms with Gasteiger partial charge < -0.3 is 10.4 Å². The van der Waals surface area contributed by atoms with Crippen LogP contribution < -0.4 is 5.32 Å². The van der Waals surface area contributed by atoms with Crippen LogP contribution in [0.25, 0.3) is 0 Å². The van der Waals surface area contributed by atoms with Crippen molar-refractivity contribution >= 4 is 5.91 Å². The minimum absolute atomic E-state index is 0.0850. The van der Waals surface area contributed by atoms with E-state index in [9.17, 15) is 23.1 Å². The van der Waals surface area contributed by atoms with Gasteiger partial charge >= 0.3 is 0 Å². The summed E-state index contributed by atoms with van der Waals surface area (Å²) in [5.74, 6) is -2.82. The van der Waals surface area contributed by atoms with Crippen LogP contribution in [0.5, 0.6) is 0 Å². The Morgan fingerprint density at radius 3 is 2.48 bits per heavy atom. The van der Waals surface area contributed by atoms with Crippen LogP contribution in [0.1, 0.15) is 22.0 Å². The first-order valence-electron chi connectivity index (χ1n) is 6.14. The highest BCUT2D eigenvalue weighted by atomic mass is 19.1. The summed E-state index contributed by atoms with van der Waals surface area (Å²) in [6.07, 6.45) is -1.33. The SMILES string of the molecule is O=C(NC[C@@H](O)c1ccc(F)cc1F)c1cccc(F)c1. The number of nitrogens with one attached hydrogen (secondary N) is 1. The summed E-state index contributed by atoms with van der Waals surface area (Å²) >= 11 is 0. The number of rotatable bonds is 4. The maximum absolute atomic E-state index is 13.4. The largest absolute Gasteiger partial charge is 0.386 e. The lowest BCUT2D eigenvalue weighted by atomic mass is 10.1. The lowest BCUT2D eigenvalue weighted by molar-refractivity contribution is 0.0913. The molecular formula is C15H12F3NO2. The van der Waals surface area contributed by atoms with E-state index in [1.54, 1.807) is 0 Å². The number of carbonyl (C=O) groups is 1. The minimum atomic E-state index is -1.33. The van der Waals surface area contributed by atoms with Gasteiger partial charge in [0.25, 0.3) is 5.91 Å². The molecule has 0 aromatic heterocycles. The fourth-order valence-corrected chi connectivity index (χ4v) is 1.80. The molecule has 2 rings (SSSR count). The van der Waals surface area contributed by atoms with Gasteiger partial charge in [-0.15, -0.1) is 0 Å². The minimum Gasteiger partial charge on any atom is -0.386 e. The Bertz CT molecular complexity index is 661. The molecule has 0 aliphatic rings. The molecule has 6 heteroatoms. The van der Waals surface area contributed by atoms with Gasteiger partial charge in [-0.1, -0.05) is 12.1 Å². The van der Waals surface area contributed by atoms with E-state index in [1.165, 1.54) is 18.2 Å². The molecule has 0 aliphatic heterocycles. The molecule has 0 saturated carbocycles. The van der Waals surface area contributed by atoms with Crippen LogP contribution in [0, 0.1) is 17.5 Å². The highest BCUT2D eigenvalue weighted by Crippen LogP contribution is 2.17. The first kappa shape index (κ1) is 15.1. The van der Waals surface area contributed by atoms with Crippen LogP contribution in [-0.4, -0.2) is 17.6 Å². The van der Waals surface area contributed by atoms with Gasteiger partial charge in [0.15, 0.2) is 0 Å². The van der Waals surface area contributed by atoms with Crippen LogP contribution in [0.3, 0.4) is 0 Å². The van der Waals surface area contributed by atoms with E-state index in [1.807, 2.05) is 0 Å². The van der Waals surface area contributed by atoms with Crippen LogP contribution in [0.2, 0.25) is 0 Å². The van der Waals surface area contributed by atoms with Gasteiger partial charge in [-0.3, -0.25) is 4.79 Å². The molecule has 21 heavy (non-hydrogen) atoms. The number of halogens is 3. The molecule has 0 saturated heterocycles. The molecule has 0 fully saturated rings. The molecule has 0 aliphatic carbocycles. The molecule has 1 atom stereocenters. The average Bonchev–Trinajstić information content (AvgIpc) is 2.44. The third kappa shape index (κ3) is 3.82.